The van der Waals surface area contributed by atoms with Gasteiger partial charge in [0.25, 0.3) is 7.82 Å². The number of carbonyl (C=O) groups is 1. The molecule has 0 aromatic rings. The highest BCUT2D eigenvalue weighted by Crippen LogP contribution is 2.38. The fraction of sp³-hybridized carbons (Fsp3) is 0.743. The molecule has 1 amide bonds. The van der Waals surface area contributed by atoms with Crippen LogP contribution >= 0.6 is 7.82 Å². The van der Waals surface area contributed by atoms with E-state index in [-0.39, 0.29) is 12.5 Å². The maximum absolute atomic E-state index is 13.0. The molecule has 0 fully saturated rings. The summed E-state index contributed by atoms with van der Waals surface area (Å²) in [6.07, 6.45) is 93.5. The maximum atomic E-state index is 13.0. The summed E-state index contributed by atoms with van der Waals surface area (Å²) in [6, 6.07) is -0.909. The van der Waals surface area contributed by atoms with Gasteiger partial charge >= 0.3 is 0 Å². The van der Waals surface area contributed by atoms with Crippen LogP contribution in [-0.4, -0.2) is 68.5 Å². The van der Waals surface area contributed by atoms with Gasteiger partial charge in [0.15, 0.2) is 0 Å². The number of aliphatic hydroxyl groups excluding tert-OH is 1. The number of phosphoric acid groups is 1. The van der Waals surface area contributed by atoms with E-state index in [4.69, 9.17) is 9.05 Å². The Kier molecular flexibility index (Phi) is 61.5. The van der Waals surface area contributed by atoms with Gasteiger partial charge in [-0.3, -0.25) is 9.36 Å². The Morgan fingerprint density at radius 2 is 0.747 bits per heavy atom. The molecule has 0 saturated heterocycles. The van der Waals surface area contributed by atoms with Gasteiger partial charge in [0.2, 0.25) is 5.91 Å². The van der Waals surface area contributed by atoms with Crippen LogP contribution in [0, 0.1) is 0 Å². The Morgan fingerprint density at radius 3 is 1.12 bits per heavy atom. The summed E-state index contributed by atoms with van der Waals surface area (Å²) in [6.45, 7) is 4.54. The summed E-state index contributed by atoms with van der Waals surface area (Å²) in [4.78, 5) is 25.6. The Bertz CT molecular complexity index is 1720. The lowest BCUT2D eigenvalue weighted by molar-refractivity contribution is -0.870. The molecule has 0 radical (unpaired) electrons. The molecule has 0 bridgehead atoms. The summed E-state index contributed by atoms with van der Waals surface area (Å²) in [5.41, 5.74) is 0. The van der Waals surface area contributed by atoms with Crippen LogP contribution in [0.5, 0.6) is 0 Å². The fourth-order valence-corrected chi connectivity index (χ4v) is 10.6. The Morgan fingerprint density at radius 1 is 0.434 bits per heavy atom. The van der Waals surface area contributed by atoms with Gasteiger partial charge in [-0.15, -0.1) is 0 Å². The normalized spacial score (nSPS) is 14.3. The second-order valence-corrected chi connectivity index (χ2v) is 25.9. The molecular weight excluding hydrogens is 1040 g/mol. The number of quaternary nitrogens is 1. The molecule has 2 N–H and O–H groups in total. The third kappa shape index (κ3) is 66.5. The number of carbonyl (C=O) groups excluding carboxylic acids is 1. The molecule has 0 aliphatic carbocycles. The SMILES string of the molecule is CC/C=C\C/C=C\C/C=C\C/C=C\C/C=C\C/C=C\C/C=C\CCCCCCCCCCCCCCCCCCCC(=O)NC(COP(=O)([O-])OCC[N+](C)(C)C)C(O)/C=C/CC/C=C/CCCCCCCCCCCCCCCCCC. The number of aliphatic hydroxyl groups is 1. The van der Waals surface area contributed by atoms with Crippen LogP contribution in [0.4, 0.5) is 0 Å². The molecule has 0 aromatic heterocycles. The van der Waals surface area contributed by atoms with Gasteiger partial charge in [0, 0.05) is 6.42 Å². The van der Waals surface area contributed by atoms with Crippen LogP contribution in [-0.2, 0) is 18.4 Å². The third-order valence-corrected chi connectivity index (χ3v) is 16.2. The van der Waals surface area contributed by atoms with Crippen molar-refractivity contribution in [2.75, 3.05) is 40.9 Å². The lowest BCUT2D eigenvalue weighted by Crippen LogP contribution is -2.45. The number of unbranched alkanes of at least 4 members (excludes halogenated alkanes) is 34. The van der Waals surface area contributed by atoms with Crippen molar-refractivity contribution in [3.05, 3.63) is 109 Å². The first-order valence-corrected chi connectivity index (χ1v) is 36.2. The van der Waals surface area contributed by atoms with Crippen molar-refractivity contribution in [2.45, 2.75) is 315 Å². The Hall–Kier alpha value is -2.84. The minimum atomic E-state index is -4.61. The van der Waals surface area contributed by atoms with E-state index in [1.165, 1.54) is 199 Å². The minimum Gasteiger partial charge on any atom is -0.756 e. The van der Waals surface area contributed by atoms with Crippen LogP contribution in [0.15, 0.2) is 109 Å². The molecule has 8 nitrogen and oxygen atoms in total. The van der Waals surface area contributed by atoms with Crippen molar-refractivity contribution in [1.29, 1.82) is 0 Å². The van der Waals surface area contributed by atoms with E-state index < -0.39 is 26.6 Å². The largest absolute Gasteiger partial charge is 0.756 e. The predicted octanol–water partition coefficient (Wildman–Crippen LogP) is 21.6. The summed E-state index contributed by atoms with van der Waals surface area (Å²) >= 11 is 0. The molecule has 0 rings (SSSR count). The number of likely N-dealkylation sites (N-methyl/N-ethyl adjacent to an activating group) is 1. The molecule has 0 aliphatic heterocycles. The van der Waals surface area contributed by atoms with Gasteiger partial charge in [-0.05, 0) is 89.9 Å². The summed E-state index contributed by atoms with van der Waals surface area (Å²) in [5, 5.41) is 13.9. The van der Waals surface area contributed by atoms with Gasteiger partial charge in [-0.1, -0.05) is 316 Å². The zero-order valence-electron chi connectivity index (χ0n) is 54.9. The molecule has 0 aliphatic rings. The van der Waals surface area contributed by atoms with E-state index in [1.807, 2.05) is 27.2 Å². The number of amides is 1. The van der Waals surface area contributed by atoms with Gasteiger partial charge in [0.1, 0.15) is 13.2 Å². The molecule has 0 aromatic carbocycles. The summed E-state index contributed by atoms with van der Waals surface area (Å²) in [5.74, 6) is -0.206. The molecule has 3 atom stereocenters. The highest BCUT2D eigenvalue weighted by atomic mass is 31.2. The quantitative estimate of drug-likeness (QED) is 0.0272. The zero-order valence-corrected chi connectivity index (χ0v) is 55.8. The first-order valence-electron chi connectivity index (χ1n) is 34.7. The Labute approximate surface area is 514 Å². The monoisotopic (exact) mass is 1180 g/mol. The number of phosphoric ester groups is 1. The van der Waals surface area contributed by atoms with Crippen molar-refractivity contribution >= 4 is 13.7 Å². The molecule has 3 unspecified atom stereocenters. The van der Waals surface area contributed by atoms with Gasteiger partial charge in [-0.2, -0.15) is 0 Å². The lowest BCUT2D eigenvalue weighted by atomic mass is 10.0. The second-order valence-electron chi connectivity index (χ2n) is 24.5. The first kappa shape index (κ1) is 80.2. The van der Waals surface area contributed by atoms with Crippen LogP contribution < -0.4 is 10.2 Å². The molecule has 0 spiro atoms. The van der Waals surface area contributed by atoms with Crippen molar-refractivity contribution in [2.24, 2.45) is 0 Å². The van der Waals surface area contributed by atoms with E-state index in [9.17, 15) is 19.4 Å². The van der Waals surface area contributed by atoms with Gasteiger partial charge in [0.05, 0.1) is 39.9 Å². The van der Waals surface area contributed by atoms with Gasteiger partial charge < -0.3 is 28.8 Å². The van der Waals surface area contributed by atoms with Crippen molar-refractivity contribution in [1.82, 2.24) is 5.32 Å². The standard InChI is InChI=1S/C74H133N2O6P/c1-6-8-10-12-14-16-18-20-22-24-26-28-30-31-32-33-34-35-36-37-38-39-40-41-42-43-44-45-46-48-50-52-54-56-58-60-62-64-66-68-74(78)75-72(71-82-83(79,80)81-70-69-76(3,4)5)73(77)67-65-63-61-59-57-55-53-51-49-47-29-27-25-23-21-19-17-15-13-11-9-7-2/h8,10,14,16,20,22,26,28,31-32,34-35,37-38,57,59,65,67,72-73,77H,6-7,9,11-13,15,17-19,21,23-25,27,29-30,33,36,39-56,58,60-64,66,68-71H2,1-5H3,(H-,75,78,79,80)/b10-8-,16-14-,22-20-,28-26-,32-31-,35-34-,38-37-,59-57+,67-65+. The van der Waals surface area contributed by atoms with E-state index in [2.05, 4.69) is 116 Å². The minimum absolute atomic E-state index is 0.00882. The highest BCUT2D eigenvalue weighted by Gasteiger charge is 2.23. The average Bonchev–Trinajstić information content (AvgIpc) is 3.50. The van der Waals surface area contributed by atoms with Crippen LogP contribution in [0.25, 0.3) is 0 Å². The number of allylic oxidation sites excluding steroid dienone is 17. The van der Waals surface area contributed by atoms with Crippen LogP contribution in [0.1, 0.15) is 303 Å². The maximum Gasteiger partial charge on any atom is 0.268 e. The lowest BCUT2D eigenvalue weighted by Gasteiger charge is -2.29. The predicted molar refractivity (Wildman–Crippen MR) is 362 cm³/mol. The zero-order chi connectivity index (χ0) is 60.5. The fourth-order valence-electron chi connectivity index (χ4n) is 9.86. The van der Waals surface area contributed by atoms with E-state index >= 15 is 0 Å². The first-order chi connectivity index (χ1) is 40.5. The summed E-state index contributed by atoms with van der Waals surface area (Å²) < 4.78 is 23.4. The number of nitrogens with zero attached hydrogens (tertiary/aromatic N) is 1. The van der Waals surface area contributed by atoms with Gasteiger partial charge in [-0.25, -0.2) is 0 Å². The average molecular weight is 1180 g/mol. The molecular formula is C74H133N2O6P. The third-order valence-electron chi connectivity index (χ3n) is 15.2. The Balaban J connectivity index is 4.06. The molecule has 0 heterocycles. The van der Waals surface area contributed by atoms with E-state index in [0.29, 0.717) is 17.4 Å². The molecule has 480 valence electrons. The molecule has 9 heteroatoms. The van der Waals surface area contributed by atoms with Crippen molar-refractivity contribution in [3.63, 3.8) is 0 Å². The second kappa shape index (κ2) is 63.7. The molecule has 83 heavy (non-hydrogen) atoms. The summed E-state index contributed by atoms with van der Waals surface area (Å²) in [7, 11) is 1.24. The van der Waals surface area contributed by atoms with Crippen LogP contribution in [0.3, 0.4) is 0 Å². The topological polar surface area (TPSA) is 108 Å². The number of hydrogen-bond acceptors (Lipinski definition) is 6. The number of rotatable bonds is 63. The highest BCUT2D eigenvalue weighted by molar-refractivity contribution is 7.45. The van der Waals surface area contributed by atoms with Crippen molar-refractivity contribution in [3.8, 4) is 0 Å². The van der Waals surface area contributed by atoms with E-state index in [0.717, 1.165) is 83.5 Å². The number of nitrogens with one attached hydrogen (secondary N) is 1. The van der Waals surface area contributed by atoms with E-state index in [1.54, 1.807) is 6.08 Å². The van der Waals surface area contributed by atoms with Crippen LogP contribution in [0.2, 0.25) is 0 Å². The number of hydrogen-bond donors (Lipinski definition) is 2. The smallest absolute Gasteiger partial charge is 0.268 e. The molecule has 0 saturated carbocycles. The van der Waals surface area contributed by atoms with Crippen molar-refractivity contribution < 1.29 is 32.9 Å².